The molecular formula is C20H24N2O3. The highest BCUT2D eigenvalue weighted by molar-refractivity contribution is 5.90. The van der Waals surface area contributed by atoms with Crippen molar-refractivity contribution in [2.45, 2.75) is 25.5 Å². The number of unbranched alkanes of at least 4 members (excludes halogenated alkanes) is 1. The molecule has 1 amide bonds. The zero-order chi connectivity index (χ0) is 17.5. The highest BCUT2D eigenvalue weighted by Gasteiger charge is 2.23. The number of carbonyl (C=O) groups excluding carboxylic acids is 1. The van der Waals surface area contributed by atoms with E-state index in [9.17, 15) is 4.79 Å². The van der Waals surface area contributed by atoms with Gasteiger partial charge in [-0.1, -0.05) is 30.3 Å². The van der Waals surface area contributed by atoms with Gasteiger partial charge in [-0.05, 0) is 44.2 Å². The lowest BCUT2D eigenvalue weighted by molar-refractivity contribution is -0.116. The molecule has 0 radical (unpaired) electrons. The van der Waals surface area contributed by atoms with Gasteiger partial charge in [0, 0.05) is 18.7 Å². The summed E-state index contributed by atoms with van der Waals surface area (Å²) in [7, 11) is 2.02. The quantitative estimate of drug-likeness (QED) is 0.784. The summed E-state index contributed by atoms with van der Waals surface area (Å²) in [4.78, 5) is 14.1. The van der Waals surface area contributed by atoms with Gasteiger partial charge < -0.3 is 14.8 Å². The largest absolute Gasteiger partial charge is 0.484 e. The Balaban J connectivity index is 1.36. The first-order chi connectivity index (χ1) is 12.2. The third kappa shape index (κ3) is 4.97. The molecule has 0 bridgehead atoms. The molecule has 3 rings (SSSR count). The number of ether oxygens (including phenoxy) is 2. The lowest BCUT2D eigenvalue weighted by atomic mass is 10.2. The number of nitrogens with zero attached hydrogens (tertiary/aromatic N) is 1. The number of benzene rings is 2. The van der Waals surface area contributed by atoms with E-state index in [1.54, 1.807) is 0 Å². The summed E-state index contributed by atoms with van der Waals surface area (Å²) < 4.78 is 11.7. The Bertz CT molecular complexity index is 690. The fourth-order valence-electron chi connectivity index (χ4n) is 2.76. The van der Waals surface area contributed by atoms with Crippen molar-refractivity contribution in [3.63, 3.8) is 0 Å². The lowest BCUT2D eigenvalue weighted by Crippen LogP contribution is -2.43. The summed E-state index contributed by atoms with van der Waals surface area (Å²) in [5.41, 5.74) is 0.844. The van der Waals surface area contributed by atoms with Crippen molar-refractivity contribution in [3.05, 3.63) is 54.6 Å². The highest BCUT2D eigenvalue weighted by atomic mass is 16.6. The summed E-state index contributed by atoms with van der Waals surface area (Å²) in [6.07, 6.45) is 2.20. The number of likely N-dealkylation sites (N-methyl/N-ethyl adjacent to an activating group) is 1. The van der Waals surface area contributed by atoms with E-state index in [0.29, 0.717) is 13.0 Å². The zero-order valence-electron chi connectivity index (χ0n) is 14.5. The van der Waals surface area contributed by atoms with Crippen LogP contribution in [0.25, 0.3) is 0 Å². The molecule has 1 N–H and O–H groups in total. The Hall–Kier alpha value is -2.53. The molecule has 0 saturated carbocycles. The van der Waals surface area contributed by atoms with Gasteiger partial charge in [0.25, 0.3) is 0 Å². The number of hydrogen-bond donors (Lipinski definition) is 1. The van der Waals surface area contributed by atoms with Crippen molar-refractivity contribution in [2.24, 2.45) is 0 Å². The minimum absolute atomic E-state index is 0.0556. The SMILES string of the molecule is CN(CCCCC(=O)Nc1ccccc1)C1COc2ccccc2O1. The van der Waals surface area contributed by atoms with Gasteiger partial charge >= 0.3 is 0 Å². The number of para-hydroxylation sites is 3. The number of carbonyl (C=O) groups is 1. The molecule has 0 spiro atoms. The van der Waals surface area contributed by atoms with Crippen molar-refractivity contribution >= 4 is 11.6 Å². The first kappa shape index (κ1) is 17.3. The molecule has 1 heterocycles. The summed E-state index contributed by atoms with van der Waals surface area (Å²) in [6, 6.07) is 17.3. The molecule has 0 aromatic heterocycles. The van der Waals surface area contributed by atoms with Crippen LogP contribution in [0.4, 0.5) is 5.69 Å². The van der Waals surface area contributed by atoms with Crippen LogP contribution >= 0.6 is 0 Å². The van der Waals surface area contributed by atoms with Crippen LogP contribution in [0.15, 0.2) is 54.6 Å². The van der Waals surface area contributed by atoms with Crippen LogP contribution in [0.5, 0.6) is 11.5 Å². The van der Waals surface area contributed by atoms with E-state index in [-0.39, 0.29) is 12.1 Å². The normalized spacial score (nSPS) is 15.8. The summed E-state index contributed by atoms with van der Waals surface area (Å²) in [5, 5.41) is 2.91. The number of fused-ring (bicyclic) bond motifs is 1. The second-order valence-corrected chi connectivity index (χ2v) is 6.18. The third-order valence-electron chi connectivity index (χ3n) is 4.21. The average Bonchev–Trinajstić information content (AvgIpc) is 2.65. The topological polar surface area (TPSA) is 50.8 Å². The second-order valence-electron chi connectivity index (χ2n) is 6.18. The standard InChI is InChI=1S/C20H24N2O3/c1-22(20-15-24-17-11-5-6-12-18(17)25-20)14-8-7-13-19(23)21-16-9-3-2-4-10-16/h2-6,9-12,20H,7-8,13-15H2,1H3,(H,21,23). The molecule has 2 aromatic carbocycles. The summed E-state index contributed by atoms with van der Waals surface area (Å²) >= 11 is 0. The van der Waals surface area contributed by atoms with Gasteiger partial charge in [0.05, 0.1) is 0 Å². The Morgan fingerprint density at radius 3 is 2.60 bits per heavy atom. The van der Waals surface area contributed by atoms with Gasteiger partial charge in [0.2, 0.25) is 5.91 Å². The van der Waals surface area contributed by atoms with Gasteiger partial charge in [-0.25, -0.2) is 0 Å². The van der Waals surface area contributed by atoms with Crippen LogP contribution in [-0.4, -0.2) is 37.2 Å². The van der Waals surface area contributed by atoms with Crippen molar-refractivity contribution in [3.8, 4) is 11.5 Å². The van der Waals surface area contributed by atoms with E-state index in [1.165, 1.54) is 0 Å². The maximum absolute atomic E-state index is 11.9. The zero-order valence-corrected chi connectivity index (χ0v) is 14.5. The van der Waals surface area contributed by atoms with Crippen molar-refractivity contribution in [1.29, 1.82) is 0 Å². The molecule has 25 heavy (non-hydrogen) atoms. The molecule has 1 aliphatic heterocycles. The van der Waals surface area contributed by atoms with Crippen LogP contribution in [0, 0.1) is 0 Å². The van der Waals surface area contributed by atoms with Crippen LogP contribution < -0.4 is 14.8 Å². The van der Waals surface area contributed by atoms with Crippen molar-refractivity contribution < 1.29 is 14.3 Å². The monoisotopic (exact) mass is 340 g/mol. The highest BCUT2D eigenvalue weighted by Crippen LogP contribution is 2.31. The van der Waals surface area contributed by atoms with Gasteiger partial charge in [-0.15, -0.1) is 0 Å². The summed E-state index contributed by atoms with van der Waals surface area (Å²) in [6.45, 7) is 1.37. The number of amides is 1. The Labute approximate surface area is 148 Å². The van der Waals surface area contributed by atoms with Crippen molar-refractivity contribution in [2.75, 3.05) is 25.5 Å². The molecule has 5 heteroatoms. The smallest absolute Gasteiger partial charge is 0.224 e. The predicted octanol–water partition coefficient (Wildman–Crippen LogP) is 3.52. The van der Waals surface area contributed by atoms with E-state index >= 15 is 0 Å². The molecule has 5 nitrogen and oxygen atoms in total. The van der Waals surface area contributed by atoms with Crippen LogP contribution in [0.2, 0.25) is 0 Å². The van der Waals surface area contributed by atoms with Crippen molar-refractivity contribution in [1.82, 2.24) is 4.90 Å². The fourth-order valence-corrected chi connectivity index (χ4v) is 2.76. The minimum Gasteiger partial charge on any atom is -0.484 e. The summed E-state index contributed by atoms with van der Waals surface area (Å²) in [5.74, 6) is 1.64. The average molecular weight is 340 g/mol. The third-order valence-corrected chi connectivity index (χ3v) is 4.21. The van der Waals surface area contributed by atoms with E-state index in [4.69, 9.17) is 9.47 Å². The maximum Gasteiger partial charge on any atom is 0.224 e. The molecule has 0 fully saturated rings. The van der Waals surface area contributed by atoms with Crippen LogP contribution in [0.3, 0.4) is 0 Å². The first-order valence-corrected chi connectivity index (χ1v) is 8.66. The maximum atomic E-state index is 11.9. The molecule has 1 aliphatic rings. The number of hydrogen-bond acceptors (Lipinski definition) is 4. The molecule has 2 aromatic rings. The number of anilines is 1. The van der Waals surface area contributed by atoms with Gasteiger partial charge in [0.1, 0.15) is 6.61 Å². The number of nitrogens with one attached hydrogen (secondary N) is 1. The number of rotatable bonds is 7. The van der Waals surface area contributed by atoms with E-state index in [2.05, 4.69) is 10.2 Å². The van der Waals surface area contributed by atoms with E-state index in [0.717, 1.165) is 36.6 Å². The van der Waals surface area contributed by atoms with Gasteiger partial charge in [-0.3, -0.25) is 9.69 Å². The molecule has 1 atom stereocenters. The van der Waals surface area contributed by atoms with Crippen LogP contribution in [-0.2, 0) is 4.79 Å². The molecule has 132 valence electrons. The van der Waals surface area contributed by atoms with Gasteiger partial charge in [-0.2, -0.15) is 0 Å². The van der Waals surface area contributed by atoms with E-state index < -0.39 is 0 Å². The van der Waals surface area contributed by atoms with E-state index in [1.807, 2.05) is 61.6 Å². The Morgan fingerprint density at radius 1 is 1.08 bits per heavy atom. The minimum atomic E-state index is -0.0898. The lowest BCUT2D eigenvalue weighted by Gasteiger charge is -2.32. The fraction of sp³-hybridized carbons (Fsp3) is 0.350. The Kier molecular flexibility index (Phi) is 5.90. The molecular weight excluding hydrogens is 316 g/mol. The molecule has 0 saturated heterocycles. The predicted molar refractivity (Wildman–Crippen MR) is 97.9 cm³/mol. The molecule has 0 aliphatic carbocycles. The van der Waals surface area contributed by atoms with Crippen LogP contribution in [0.1, 0.15) is 19.3 Å². The van der Waals surface area contributed by atoms with Gasteiger partial charge in [0.15, 0.2) is 17.7 Å². The first-order valence-electron chi connectivity index (χ1n) is 8.66. The second kappa shape index (κ2) is 8.53. The Morgan fingerprint density at radius 2 is 1.80 bits per heavy atom. The molecule has 1 unspecified atom stereocenters.